The molecule has 3 rings (SSSR count). The van der Waals surface area contributed by atoms with E-state index < -0.39 is 0 Å². The summed E-state index contributed by atoms with van der Waals surface area (Å²) in [5.41, 5.74) is 0.924. The van der Waals surface area contributed by atoms with Gasteiger partial charge in [0.05, 0.1) is 11.7 Å². The summed E-state index contributed by atoms with van der Waals surface area (Å²) >= 11 is 0. The van der Waals surface area contributed by atoms with Crippen LogP contribution in [0, 0.1) is 5.92 Å². The highest BCUT2D eigenvalue weighted by atomic mass is 16.5. The van der Waals surface area contributed by atoms with E-state index >= 15 is 0 Å². The zero-order chi connectivity index (χ0) is 13.1. The van der Waals surface area contributed by atoms with Crippen molar-refractivity contribution in [3.63, 3.8) is 0 Å². The van der Waals surface area contributed by atoms with Crippen LogP contribution in [0.4, 0.5) is 0 Å². The molecule has 1 fully saturated rings. The molecular formula is C15H16N2O2. The Labute approximate surface area is 111 Å². The summed E-state index contributed by atoms with van der Waals surface area (Å²) in [6.45, 7) is 0.824. The van der Waals surface area contributed by atoms with Crippen LogP contribution >= 0.6 is 0 Å². The molecular weight excluding hydrogens is 240 g/mol. The fraction of sp³-hybridized carbons (Fsp3) is 0.333. The quantitative estimate of drug-likeness (QED) is 0.891. The molecule has 0 saturated heterocycles. The lowest BCUT2D eigenvalue weighted by molar-refractivity contribution is -0.123. The van der Waals surface area contributed by atoms with Gasteiger partial charge < -0.3 is 10.1 Å². The number of carbonyl (C=O) groups is 1. The van der Waals surface area contributed by atoms with Crippen LogP contribution in [0.15, 0.2) is 36.5 Å². The maximum Gasteiger partial charge on any atom is 0.257 e. The number of nitrogens with zero attached hydrogens (tertiary/aromatic N) is 1. The number of nitrogens with one attached hydrogen (secondary N) is 1. The first-order valence-electron chi connectivity index (χ1n) is 6.55. The van der Waals surface area contributed by atoms with Gasteiger partial charge in [-0.25, -0.2) is 0 Å². The van der Waals surface area contributed by atoms with Crippen LogP contribution in [0.2, 0.25) is 0 Å². The van der Waals surface area contributed by atoms with E-state index in [1.165, 1.54) is 12.8 Å². The second-order valence-corrected chi connectivity index (χ2v) is 4.90. The Bertz CT molecular complexity index is 593. The third-order valence-electron chi connectivity index (χ3n) is 3.22. The molecule has 0 radical (unpaired) electrons. The zero-order valence-corrected chi connectivity index (χ0v) is 10.6. The minimum atomic E-state index is -0.0694. The van der Waals surface area contributed by atoms with Gasteiger partial charge in [-0.15, -0.1) is 0 Å². The highest BCUT2D eigenvalue weighted by Gasteiger charge is 2.21. The van der Waals surface area contributed by atoms with Gasteiger partial charge in [0, 0.05) is 11.9 Å². The molecule has 4 heteroatoms. The van der Waals surface area contributed by atoms with Crippen molar-refractivity contribution >= 4 is 16.8 Å². The number of benzene rings is 1. The number of hydrogen-bond acceptors (Lipinski definition) is 3. The average Bonchev–Trinajstić information content (AvgIpc) is 3.27. The van der Waals surface area contributed by atoms with Crippen LogP contribution in [0.25, 0.3) is 10.9 Å². The van der Waals surface area contributed by atoms with E-state index in [9.17, 15) is 4.79 Å². The molecule has 4 nitrogen and oxygen atoms in total. The van der Waals surface area contributed by atoms with Gasteiger partial charge >= 0.3 is 0 Å². The number of carbonyl (C=O) groups excluding carboxylic acids is 1. The topological polar surface area (TPSA) is 51.2 Å². The van der Waals surface area contributed by atoms with Crippen molar-refractivity contribution in [3.05, 3.63) is 36.5 Å². The molecule has 1 saturated carbocycles. The minimum Gasteiger partial charge on any atom is -0.482 e. The van der Waals surface area contributed by atoms with Gasteiger partial charge in [-0.1, -0.05) is 18.2 Å². The highest BCUT2D eigenvalue weighted by Crippen LogP contribution is 2.27. The number of rotatable bonds is 5. The normalized spacial score (nSPS) is 14.3. The monoisotopic (exact) mass is 256 g/mol. The summed E-state index contributed by atoms with van der Waals surface area (Å²) in [5.74, 6) is 1.24. The molecule has 2 aromatic rings. The van der Waals surface area contributed by atoms with Crippen LogP contribution in [0.3, 0.4) is 0 Å². The molecule has 19 heavy (non-hydrogen) atoms. The lowest BCUT2D eigenvalue weighted by Crippen LogP contribution is -2.30. The second kappa shape index (κ2) is 5.26. The largest absolute Gasteiger partial charge is 0.482 e. The second-order valence-electron chi connectivity index (χ2n) is 4.90. The number of hydrogen-bond donors (Lipinski definition) is 1. The van der Waals surface area contributed by atoms with Gasteiger partial charge in [-0.3, -0.25) is 9.78 Å². The maximum atomic E-state index is 11.6. The third kappa shape index (κ3) is 3.22. The standard InChI is InChI=1S/C15H16N2O2/c18-15(17-8-11-5-6-11)10-19-13-7-12-3-1-2-4-14(12)16-9-13/h1-4,7,9,11H,5-6,8,10H2,(H,17,18). The number of para-hydroxylation sites is 1. The molecule has 1 aromatic carbocycles. The molecule has 0 bridgehead atoms. The van der Waals surface area contributed by atoms with Crippen LogP contribution in [0.1, 0.15) is 12.8 Å². The van der Waals surface area contributed by atoms with Crippen molar-refractivity contribution in [2.24, 2.45) is 5.92 Å². The first-order chi connectivity index (χ1) is 9.31. The van der Waals surface area contributed by atoms with Crippen LogP contribution in [-0.4, -0.2) is 24.0 Å². The molecule has 1 amide bonds. The predicted octanol–water partition coefficient (Wildman–Crippen LogP) is 2.14. The lowest BCUT2D eigenvalue weighted by Gasteiger charge is -2.07. The molecule has 1 N–H and O–H groups in total. The number of fused-ring (bicyclic) bond motifs is 1. The van der Waals surface area contributed by atoms with Gasteiger partial charge in [0.2, 0.25) is 0 Å². The molecule has 1 aliphatic carbocycles. The Kier molecular flexibility index (Phi) is 3.31. The van der Waals surface area contributed by atoms with E-state index in [0.717, 1.165) is 17.4 Å². The molecule has 0 atom stereocenters. The Hall–Kier alpha value is -2.10. The first kappa shape index (κ1) is 12.0. The lowest BCUT2D eigenvalue weighted by atomic mass is 10.2. The highest BCUT2D eigenvalue weighted by molar-refractivity contribution is 5.80. The van der Waals surface area contributed by atoms with Gasteiger partial charge in [0.15, 0.2) is 6.61 Å². The van der Waals surface area contributed by atoms with E-state index in [0.29, 0.717) is 11.7 Å². The molecule has 1 aromatic heterocycles. The minimum absolute atomic E-state index is 0.0484. The van der Waals surface area contributed by atoms with Crippen molar-refractivity contribution in [2.45, 2.75) is 12.8 Å². The summed E-state index contributed by atoms with van der Waals surface area (Å²) in [4.78, 5) is 15.8. The molecule has 0 aliphatic heterocycles. The summed E-state index contributed by atoms with van der Waals surface area (Å²) in [6, 6.07) is 9.72. The van der Waals surface area contributed by atoms with E-state index in [1.54, 1.807) is 6.20 Å². The Morgan fingerprint density at radius 2 is 2.21 bits per heavy atom. The van der Waals surface area contributed by atoms with Gasteiger partial charge in [-0.05, 0) is 30.9 Å². The molecule has 98 valence electrons. The van der Waals surface area contributed by atoms with Gasteiger partial charge in [0.1, 0.15) is 5.75 Å². The van der Waals surface area contributed by atoms with Crippen molar-refractivity contribution in [1.82, 2.24) is 10.3 Å². The summed E-state index contributed by atoms with van der Waals surface area (Å²) < 4.78 is 5.45. The smallest absolute Gasteiger partial charge is 0.257 e. The fourth-order valence-electron chi connectivity index (χ4n) is 1.91. The number of pyridine rings is 1. The molecule has 0 unspecified atom stereocenters. The van der Waals surface area contributed by atoms with E-state index in [1.807, 2.05) is 30.3 Å². The molecule has 0 spiro atoms. The van der Waals surface area contributed by atoms with Gasteiger partial charge in [0.25, 0.3) is 5.91 Å². The van der Waals surface area contributed by atoms with E-state index in [2.05, 4.69) is 10.3 Å². The van der Waals surface area contributed by atoms with Crippen molar-refractivity contribution in [1.29, 1.82) is 0 Å². The zero-order valence-electron chi connectivity index (χ0n) is 10.6. The van der Waals surface area contributed by atoms with E-state index in [-0.39, 0.29) is 12.5 Å². The maximum absolute atomic E-state index is 11.6. The number of aromatic nitrogens is 1. The Morgan fingerprint density at radius 3 is 3.05 bits per heavy atom. The van der Waals surface area contributed by atoms with Crippen molar-refractivity contribution in [3.8, 4) is 5.75 Å². The fourth-order valence-corrected chi connectivity index (χ4v) is 1.91. The molecule has 1 aliphatic rings. The SMILES string of the molecule is O=C(COc1cnc2ccccc2c1)NCC1CC1. The predicted molar refractivity (Wildman–Crippen MR) is 73.0 cm³/mol. The number of ether oxygens (including phenoxy) is 1. The van der Waals surface area contributed by atoms with Crippen molar-refractivity contribution < 1.29 is 9.53 Å². The Morgan fingerprint density at radius 1 is 1.37 bits per heavy atom. The summed E-state index contributed by atoms with van der Waals surface area (Å²) in [6.07, 6.45) is 4.11. The Balaban J connectivity index is 1.56. The summed E-state index contributed by atoms with van der Waals surface area (Å²) in [7, 11) is 0. The van der Waals surface area contributed by atoms with Crippen LogP contribution in [-0.2, 0) is 4.79 Å². The van der Waals surface area contributed by atoms with E-state index in [4.69, 9.17) is 4.74 Å². The van der Waals surface area contributed by atoms with Crippen molar-refractivity contribution in [2.75, 3.05) is 13.2 Å². The first-order valence-corrected chi connectivity index (χ1v) is 6.55. The molecule has 1 heterocycles. The summed E-state index contributed by atoms with van der Waals surface area (Å²) in [5, 5.41) is 3.88. The number of amides is 1. The van der Waals surface area contributed by atoms with Crippen LogP contribution < -0.4 is 10.1 Å². The van der Waals surface area contributed by atoms with Crippen LogP contribution in [0.5, 0.6) is 5.75 Å². The van der Waals surface area contributed by atoms with Gasteiger partial charge in [-0.2, -0.15) is 0 Å². The average molecular weight is 256 g/mol. The third-order valence-corrected chi connectivity index (χ3v) is 3.22.